The fourth-order valence-corrected chi connectivity index (χ4v) is 3.73. The lowest BCUT2D eigenvalue weighted by atomic mass is 9.92. The average Bonchev–Trinajstić information content (AvgIpc) is 2.98. The summed E-state index contributed by atoms with van der Waals surface area (Å²) in [6.07, 6.45) is -1.67. The summed E-state index contributed by atoms with van der Waals surface area (Å²) in [5.41, 5.74) is -3.03. The third-order valence-corrected chi connectivity index (χ3v) is 4.90. The van der Waals surface area contributed by atoms with Crippen LogP contribution in [0.25, 0.3) is 0 Å². The number of guanidine groups is 1. The molecule has 1 saturated heterocycles. The molecule has 1 aromatic rings. The van der Waals surface area contributed by atoms with Gasteiger partial charge in [-0.25, -0.2) is 4.98 Å². The van der Waals surface area contributed by atoms with E-state index >= 15 is 0 Å². The maximum absolute atomic E-state index is 13.6. The number of halogens is 3. The van der Waals surface area contributed by atoms with E-state index in [9.17, 15) is 18.3 Å². The molecule has 1 aromatic heterocycles. The summed E-state index contributed by atoms with van der Waals surface area (Å²) in [7, 11) is 1.43. The molecule has 1 fully saturated rings. The van der Waals surface area contributed by atoms with Gasteiger partial charge in [0.1, 0.15) is 5.82 Å². The normalized spacial score (nSPS) is 24.0. The van der Waals surface area contributed by atoms with Gasteiger partial charge >= 0.3 is 6.18 Å². The molecule has 0 saturated carbocycles. The van der Waals surface area contributed by atoms with Gasteiger partial charge in [0.2, 0.25) is 5.60 Å². The summed E-state index contributed by atoms with van der Waals surface area (Å²) in [5.74, 6) is 1.17. The van der Waals surface area contributed by atoms with Crippen molar-refractivity contribution in [1.29, 1.82) is 0 Å². The average molecular weight is 389 g/mol. The zero-order valence-electron chi connectivity index (χ0n) is 16.4. The third kappa shape index (κ3) is 4.94. The summed E-state index contributed by atoms with van der Waals surface area (Å²) in [4.78, 5) is 10.2. The van der Waals surface area contributed by atoms with Crippen molar-refractivity contribution < 1.29 is 18.3 Å². The minimum atomic E-state index is -4.84. The minimum Gasteiger partial charge on any atom is -0.374 e. The molecule has 6 nitrogen and oxygen atoms in total. The van der Waals surface area contributed by atoms with E-state index in [0.717, 1.165) is 19.5 Å². The molecule has 1 aliphatic heterocycles. The van der Waals surface area contributed by atoms with E-state index in [1.165, 1.54) is 24.0 Å². The second-order valence-corrected chi connectivity index (χ2v) is 7.56. The van der Waals surface area contributed by atoms with Crippen LogP contribution in [0.2, 0.25) is 0 Å². The van der Waals surface area contributed by atoms with Crippen LogP contribution in [0.1, 0.15) is 39.4 Å². The fraction of sp³-hybridized carbons (Fsp3) is 0.778. The SMILES string of the molecule is CCNC(=NCCC(O)(c1nccn1C)C(F)(F)F)N1CC(C)CC(C)C1. The number of aromatic nitrogens is 2. The number of nitrogens with zero attached hydrogens (tertiary/aromatic N) is 4. The summed E-state index contributed by atoms with van der Waals surface area (Å²) >= 11 is 0. The van der Waals surface area contributed by atoms with Gasteiger partial charge in [-0.15, -0.1) is 0 Å². The molecule has 2 heterocycles. The molecule has 27 heavy (non-hydrogen) atoms. The smallest absolute Gasteiger partial charge is 0.374 e. The van der Waals surface area contributed by atoms with Gasteiger partial charge < -0.3 is 19.9 Å². The molecular weight excluding hydrogens is 359 g/mol. The van der Waals surface area contributed by atoms with Crippen LogP contribution in [0, 0.1) is 11.8 Å². The molecule has 9 heteroatoms. The van der Waals surface area contributed by atoms with Gasteiger partial charge in [-0.1, -0.05) is 13.8 Å². The van der Waals surface area contributed by atoms with Gasteiger partial charge in [-0.3, -0.25) is 4.99 Å². The summed E-state index contributed by atoms with van der Waals surface area (Å²) in [6.45, 7) is 8.35. The third-order valence-electron chi connectivity index (χ3n) is 4.90. The van der Waals surface area contributed by atoms with Crippen molar-refractivity contribution >= 4 is 5.96 Å². The number of imidazole rings is 1. The monoisotopic (exact) mass is 389 g/mol. The van der Waals surface area contributed by atoms with Gasteiger partial charge in [-0.2, -0.15) is 13.2 Å². The molecule has 0 bridgehead atoms. The van der Waals surface area contributed by atoms with E-state index < -0.39 is 24.0 Å². The van der Waals surface area contributed by atoms with Crippen molar-refractivity contribution in [3.05, 3.63) is 18.2 Å². The lowest BCUT2D eigenvalue weighted by Crippen LogP contribution is -2.49. The molecule has 3 unspecified atom stereocenters. The van der Waals surface area contributed by atoms with Crippen molar-refractivity contribution in [3.8, 4) is 0 Å². The second-order valence-electron chi connectivity index (χ2n) is 7.56. The summed E-state index contributed by atoms with van der Waals surface area (Å²) in [5, 5.41) is 13.6. The van der Waals surface area contributed by atoms with Crippen LogP contribution < -0.4 is 5.32 Å². The Kier molecular flexibility index (Phi) is 6.77. The van der Waals surface area contributed by atoms with Gasteiger partial charge in [0, 0.05) is 52.0 Å². The molecule has 0 spiro atoms. The fourth-order valence-electron chi connectivity index (χ4n) is 3.73. The first-order valence-corrected chi connectivity index (χ1v) is 9.38. The van der Waals surface area contributed by atoms with Gasteiger partial charge in [0.15, 0.2) is 5.96 Å². The highest BCUT2D eigenvalue weighted by Crippen LogP contribution is 2.40. The molecule has 2 rings (SSSR count). The number of nitrogens with one attached hydrogen (secondary N) is 1. The van der Waals surface area contributed by atoms with Crippen molar-refractivity contribution in [2.45, 2.75) is 45.4 Å². The van der Waals surface area contributed by atoms with E-state index in [4.69, 9.17) is 0 Å². The molecular formula is C18H30F3N5O. The van der Waals surface area contributed by atoms with Crippen LogP contribution in [0.3, 0.4) is 0 Å². The van der Waals surface area contributed by atoms with Crippen molar-refractivity contribution in [2.24, 2.45) is 23.9 Å². The Morgan fingerprint density at radius 1 is 1.33 bits per heavy atom. The van der Waals surface area contributed by atoms with E-state index in [1.54, 1.807) is 0 Å². The molecule has 1 aliphatic rings. The standard InChI is InChI=1S/C18H30F3N5O/c1-5-22-16(26-11-13(2)10-14(3)12-26)24-7-6-17(27,18(19,20)21)15-23-8-9-25(15)4/h8-9,13-14,27H,5-7,10-12H2,1-4H3,(H,22,24). The summed E-state index contributed by atoms with van der Waals surface area (Å²) in [6, 6.07) is 0. The Labute approximate surface area is 158 Å². The van der Waals surface area contributed by atoms with Crippen LogP contribution in [-0.4, -0.2) is 57.9 Å². The number of hydrogen-bond donors (Lipinski definition) is 2. The number of alkyl halides is 3. The van der Waals surface area contributed by atoms with Crippen molar-refractivity contribution in [3.63, 3.8) is 0 Å². The Morgan fingerprint density at radius 3 is 2.44 bits per heavy atom. The highest BCUT2D eigenvalue weighted by Gasteiger charge is 2.57. The van der Waals surface area contributed by atoms with E-state index in [1.807, 2.05) is 6.92 Å². The number of hydrogen-bond acceptors (Lipinski definition) is 3. The lowest BCUT2D eigenvalue weighted by Gasteiger charge is -2.37. The van der Waals surface area contributed by atoms with E-state index in [0.29, 0.717) is 24.3 Å². The highest BCUT2D eigenvalue weighted by atomic mass is 19.4. The number of rotatable bonds is 5. The zero-order chi connectivity index (χ0) is 20.2. The van der Waals surface area contributed by atoms with Crippen LogP contribution >= 0.6 is 0 Å². The minimum absolute atomic E-state index is 0.162. The van der Waals surface area contributed by atoms with Gasteiger partial charge in [-0.05, 0) is 25.2 Å². The first-order valence-electron chi connectivity index (χ1n) is 9.38. The number of likely N-dealkylation sites (tertiary alicyclic amines) is 1. The van der Waals surface area contributed by atoms with E-state index in [2.05, 4.69) is 34.0 Å². The highest BCUT2D eigenvalue weighted by molar-refractivity contribution is 5.80. The van der Waals surface area contributed by atoms with Crippen LogP contribution in [-0.2, 0) is 12.6 Å². The quantitative estimate of drug-likeness (QED) is 0.600. The topological polar surface area (TPSA) is 65.7 Å². The van der Waals surface area contributed by atoms with Crippen LogP contribution in [0.15, 0.2) is 17.4 Å². The maximum atomic E-state index is 13.6. The van der Waals surface area contributed by atoms with E-state index in [-0.39, 0.29) is 6.54 Å². The first-order chi connectivity index (χ1) is 12.6. The number of aliphatic hydroxyl groups is 1. The predicted octanol–water partition coefficient (Wildman–Crippen LogP) is 2.50. The predicted molar refractivity (Wildman–Crippen MR) is 98.3 cm³/mol. The lowest BCUT2D eigenvalue weighted by molar-refractivity contribution is -0.272. The molecule has 0 radical (unpaired) electrons. The Morgan fingerprint density at radius 2 is 1.96 bits per heavy atom. The molecule has 2 N–H and O–H groups in total. The molecule has 0 aliphatic carbocycles. The largest absolute Gasteiger partial charge is 0.424 e. The second kappa shape index (κ2) is 8.50. The van der Waals surface area contributed by atoms with Gasteiger partial charge in [0.05, 0.1) is 0 Å². The van der Waals surface area contributed by atoms with Crippen LogP contribution in [0.5, 0.6) is 0 Å². The molecule has 0 aromatic carbocycles. The number of piperidine rings is 1. The Hall–Kier alpha value is -1.77. The summed E-state index contributed by atoms with van der Waals surface area (Å²) < 4.78 is 42.0. The maximum Gasteiger partial charge on any atom is 0.424 e. The number of aryl methyl sites for hydroxylation is 1. The molecule has 154 valence electrons. The zero-order valence-corrected chi connectivity index (χ0v) is 16.4. The van der Waals surface area contributed by atoms with Crippen molar-refractivity contribution in [1.82, 2.24) is 19.8 Å². The Bertz CT molecular complexity index is 635. The van der Waals surface area contributed by atoms with Crippen molar-refractivity contribution in [2.75, 3.05) is 26.2 Å². The van der Waals surface area contributed by atoms with Crippen LogP contribution in [0.4, 0.5) is 13.2 Å². The Balaban J connectivity index is 2.18. The molecule has 3 atom stereocenters. The number of aliphatic imine (C=N–C) groups is 1. The van der Waals surface area contributed by atoms with Gasteiger partial charge in [0.25, 0.3) is 0 Å². The first kappa shape index (κ1) is 21.5. The molecule has 0 amide bonds.